The highest BCUT2D eigenvalue weighted by Crippen LogP contribution is 2.27. The summed E-state index contributed by atoms with van der Waals surface area (Å²) < 4.78 is 1.36. The molecule has 1 amide bonds. The average Bonchev–Trinajstić information content (AvgIpc) is 3.45. The zero-order valence-electron chi connectivity index (χ0n) is 22.5. The van der Waals surface area contributed by atoms with Crippen molar-refractivity contribution in [2.75, 3.05) is 35.7 Å². The van der Waals surface area contributed by atoms with E-state index in [2.05, 4.69) is 31.0 Å². The first-order valence-electron chi connectivity index (χ1n) is 13.0. The minimum atomic E-state index is -0.657. The Morgan fingerprint density at radius 2 is 2.05 bits per heavy atom. The van der Waals surface area contributed by atoms with Crippen LogP contribution in [0.2, 0.25) is 0 Å². The number of amides is 1. The number of aromatic nitrogens is 4. The lowest BCUT2D eigenvalue weighted by molar-refractivity contribution is 0.0921. The first-order valence-corrected chi connectivity index (χ1v) is 13.0. The van der Waals surface area contributed by atoms with E-state index < -0.39 is 11.9 Å². The van der Waals surface area contributed by atoms with E-state index >= 15 is 0 Å². The molecule has 0 unspecified atom stereocenters. The third-order valence-corrected chi connectivity index (χ3v) is 6.71. The van der Waals surface area contributed by atoms with E-state index in [1.807, 2.05) is 11.9 Å². The third-order valence-electron chi connectivity index (χ3n) is 6.71. The van der Waals surface area contributed by atoms with Crippen molar-refractivity contribution in [1.29, 1.82) is 0 Å². The summed E-state index contributed by atoms with van der Waals surface area (Å²) in [5.74, 6) is 5.78. The van der Waals surface area contributed by atoms with Gasteiger partial charge in [-0.25, -0.2) is 28.9 Å². The fraction of sp³-hybridized carbons (Fsp3) is 0.214. The zero-order valence-corrected chi connectivity index (χ0v) is 22.5. The van der Waals surface area contributed by atoms with Crippen LogP contribution in [0.1, 0.15) is 23.3 Å². The lowest BCUT2D eigenvalue weighted by Crippen LogP contribution is -2.47. The number of imidazole rings is 1. The molecule has 0 radical (unpaired) electrons. The highest BCUT2D eigenvalue weighted by molar-refractivity contribution is 5.94. The number of carbonyl (C=O) groups is 1. The van der Waals surface area contributed by atoms with Gasteiger partial charge in [0.25, 0.3) is 5.91 Å². The van der Waals surface area contributed by atoms with Crippen molar-refractivity contribution >= 4 is 46.7 Å². The van der Waals surface area contributed by atoms with Crippen LogP contribution in [0, 0.1) is 0 Å². The Kier molecular flexibility index (Phi) is 7.94. The second-order valence-electron chi connectivity index (χ2n) is 9.33. The number of nitrogens with one attached hydrogen (secondary N) is 3. The summed E-state index contributed by atoms with van der Waals surface area (Å²) in [6.45, 7) is 0.495. The molecule has 5 heterocycles. The molecule has 2 aliphatic rings. The van der Waals surface area contributed by atoms with Gasteiger partial charge in [0.15, 0.2) is 28.8 Å². The van der Waals surface area contributed by atoms with Gasteiger partial charge in [0.1, 0.15) is 29.1 Å². The molecule has 1 atom stereocenters. The molecule has 2 aliphatic heterocycles. The Balaban J connectivity index is 1.42. The van der Waals surface area contributed by atoms with Gasteiger partial charge in [-0.3, -0.25) is 9.69 Å². The average molecular weight is 567 g/mol. The molecule has 0 aromatic carbocycles. The molecule has 0 aliphatic carbocycles. The number of nitrogens with two attached hydrogens (primary N) is 1. The quantitative estimate of drug-likeness (QED) is 0.282. The van der Waals surface area contributed by atoms with E-state index in [1.165, 1.54) is 10.7 Å². The van der Waals surface area contributed by atoms with Crippen LogP contribution < -0.4 is 26.6 Å². The number of rotatable bonds is 8. The van der Waals surface area contributed by atoms with Crippen LogP contribution in [0.25, 0.3) is 5.65 Å². The molecule has 0 spiro atoms. The molecule has 0 saturated carbocycles. The molecule has 3 aromatic rings. The molecule has 14 nitrogen and oxygen atoms in total. The largest absolute Gasteiger partial charge is 0.392 e. The van der Waals surface area contributed by atoms with Crippen LogP contribution in [0.3, 0.4) is 0 Å². The molecular weight excluding hydrogens is 540 g/mol. The maximum atomic E-state index is 13.4. The lowest BCUT2D eigenvalue weighted by Gasteiger charge is -2.34. The van der Waals surface area contributed by atoms with Crippen molar-refractivity contribution in [2.24, 2.45) is 5.73 Å². The molecule has 5 rings (SSSR count). The van der Waals surface area contributed by atoms with Crippen LogP contribution in [0.15, 0.2) is 77.8 Å². The van der Waals surface area contributed by atoms with Crippen LogP contribution in [-0.2, 0) is 14.4 Å². The van der Waals surface area contributed by atoms with Gasteiger partial charge in [-0.1, -0.05) is 6.07 Å². The number of hydrogen-bond donors (Lipinski definition) is 4. The van der Waals surface area contributed by atoms with E-state index in [-0.39, 0.29) is 29.3 Å². The molecule has 0 bridgehead atoms. The smallest absolute Gasteiger partial charge is 0.272 e. The van der Waals surface area contributed by atoms with Crippen molar-refractivity contribution in [1.82, 2.24) is 29.8 Å². The topological polar surface area (TPSA) is 180 Å². The highest BCUT2D eigenvalue weighted by Gasteiger charge is 2.30. The molecule has 1 fully saturated rings. The first kappa shape index (κ1) is 27.6. The summed E-state index contributed by atoms with van der Waals surface area (Å²) in [6.07, 6.45) is 9.27. The van der Waals surface area contributed by atoms with Gasteiger partial charge in [-0.15, -0.1) is 5.10 Å². The summed E-state index contributed by atoms with van der Waals surface area (Å²) in [4.78, 5) is 60.0. The van der Waals surface area contributed by atoms with Gasteiger partial charge in [0.05, 0.1) is 30.2 Å². The number of pyridine rings is 1. The summed E-state index contributed by atoms with van der Waals surface area (Å²) in [7, 11) is 1.70. The van der Waals surface area contributed by atoms with E-state index in [0.29, 0.717) is 48.1 Å². The fourth-order valence-corrected chi connectivity index (χ4v) is 4.78. The maximum absolute atomic E-state index is 13.4. The number of fused-ring (bicyclic) bond motifs is 1. The number of allylic oxidation sites excluding steroid dienone is 2. The van der Waals surface area contributed by atoms with E-state index in [9.17, 15) is 19.2 Å². The molecule has 5 N–H and O–H groups in total. The minimum Gasteiger partial charge on any atom is -0.392 e. The Hall–Kier alpha value is -5.93. The fourth-order valence-electron chi connectivity index (χ4n) is 4.78. The Labute approximate surface area is 239 Å². The number of likely N-dealkylation sites (tertiary alicyclic amines) is 1. The molecule has 1 saturated heterocycles. The highest BCUT2D eigenvalue weighted by atomic mass is 16.2. The van der Waals surface area contributed by atoms with Crippen LogP contribution in [-0.4, -0.2) is 74.4 Å². The van der Waals surface area contributed by atoms with Crippen LogP contribution >= 0.6 is 0 Å². The third kappa shape index (κ3) is 5.40. The van der Waals surface area contributed by atoms with Gasteiger partial charge in [-0.05, 0) is 37.1 Å². The maximum Gasteiger partial charge on any atom is 0.272 e. The van der Waals surface area contributed by atoms with E-state index in [4.69, 9.17) is 5.73 Å². The predicted molar refractivity (Wildman–Crippen MR) is 154 cm³/mol. The first-order chi connectivity index (χ1) is 20.5. The standard InChI is InChI=1S/C28H26N10O4/c1-30-21-12-25(33-20-7-5-11-37(24(20)17-41)26-8-2-3-9-31-26)35-38-22(13-32-27(21)38)28(42)34-19-6-4-10-36(23(19)16-40)14-18(29)15-39/h2-3,5,7-9,11-13,19,30H,4,6,10,14,29H2,1H3,(H,33,35)(H,34,42)/t19-/m1/s1. The van der Waals surface area contributed by atoms with Gasteiger partial charge in [0.2, 0.25) is 0 Å². The summed E-state index contributed by atoms with van der Waals surface area (Å²) in [5, 5.41) is 13.6. The second-order valence-corrected chi connectivity index (χ2v) is 9.33. The van der Waals surface area contributed by atoms with Crippen molar-refractivity contribution in [3.63, 3.8) is 0 Å². The zero-order chi connectivity index (χ0) is 29.6. The Bertz CT molecular complexity index is 1740. The molecule has 42 heavy (non-hydrogen) atoms. The lowest BCUT2D eigenvalue weighted by atomic mass is 10.0. The SMILES string of the molecule is CNc1cc(NC2=CC=CN(c3ccccn3)C2=C=O)nn2c(C(=O)N[C@@H]3CCCN(CC(N)=C=O)C3=C=O)cnc12. The molecule has 212 valence electrons. The number of hydrogen-bond acceptors (Lipinski definition) is 12. The van der Waals surface area contributed by atoms with Crippen molar-refractivity contribution in [3.05, 3.63) is 83.5 Å². The summed E-state index contributed by atoms with van der Waals surface area (Å²) >= 11 is 0. The van der Waals surface area contributed by atoms with Gasteiger partial charge >= 0.3 is 0 Å². The van der Waals surface area contributed by atoms with Crippen LogP contribution in [0.5, 0.6) is 0 Å². The number of carbonyl (C=O) groups excluding carboxylic acids is 4. The van der Waals surface area contributed by atoms with Crippen LogP contribution in [0.4, 0.5) is 17.3 Å². The molecule has 3 aromatic heterocycles. The predicted octanol–water partition coefficient (Wildman–Crippen LogP) is 0.795. The number of anilines is 3. The second kappa shape index (κ2) is 12.1. The summed E-state index contributed by atoms with van der Waals surface area (Å²) in [6, 6.07) is 6.37. The van der Waals surface area contributed by atoms with E-state index in [1.54, 1.807) is 71.6 Å². The molecular formula is C28H26N10O4. The van der Waals surface area contributed by atoms with Gasteiger partial charge in [-0.2, -0.15) is 0 Å². The van der Waals surface area contributed by atoms with Gasteiger partial charge < -0.3 is 26.6 Å². The van der Waals surface area contributed by atoms with Gasteiger partial charge in [0, 0.05) is 32.1 Å². The summed E-state index contributed by atoms with van der Waals surface area (Å²) in [5.41, 5.74) is 7.40. The monoisotopic (exact) mass is 566 g/mol. The molecule has 14 heteroatoms. The number of nitrogens with zero attached hydrogens (tertiary/aromatic N) is 6. The van der Waals surface area contributed by atoms with Crippen molar-refractivity contribution in [2.45, 2.75) is 18.9 Å². The minimum absolute atomic E-state index is 0.0121. The Morgan fingerprint density at radius 3 is 2.76 bits per heavy atom. The van der Waals surface area contributed by atoms with Crippen molar-refractivity contribution in [3.8, 4) is 0 Å². The normalized spacial score (nSPS) is 16.3. The number of piperidine rings is 1. The van der Waals surface area contributed by atoms with Crippen molar-refractivity contribution < 1.29 is 19.2 Å². The Morgan fingerprint density at radius 1 is 1.19 bits per heavy atom. The van der Waals surface area contributed by atoms with E-state index in [0.717, 1.165) is 0 Å².